The van der Waals surface area contributed by atoms with Crippen molar-refractivity contribution in [2.75, 3.05) is 6.54 Å². The van der Waals surface area contributed by atoms with Gasteiger partial charge in [0, 0.05) is 11.9 Å². The van der Waals surface area contributed by atoms with Gasteiger partial charge in [-0.3, -0.25) is 4.94 Å². The highest BCUT2D eigenvalue weighted by molar-refractivity contribution is 5.21. The van der Waals surface area contributed by atoms with Gasteiger partial charge in [0.15, 0.2) is 0 Å². The van der Waals surface area contributed by atoms with E-state index >= 15 is 0 Å². The molecule has 0 aromatic heterocycles. The van der Waals surface area contributed by atoms with Crippen molar-refractivity contribution in [3.63, 3.8) is 0 Å². The third-order valence-corrected chi connectivity index (χ3v) is 0.525. The molecule has 0 aliphatic rings. The van der Waals surface area contributed by atoms with Crippen molar-refractivity contribution >= 4 is 6.72 Å². The lowest BCUT2D eigenvalue weighted by atomic mass is 10.8. The molecule has 0 amide bonds. The van der Waals surface area contributed by atoms with E-state index in [0.717, 1.165) is 5.23 Å². The van der Waals surface area contributed by atoms with Gasteiger partial charge in [-0.25, -0.2) is 0 Å². The number of hydrogen-bond acceptors (Lipinski definition) is 5. The second kappa shape index (κ2) is 4.51. The molecule has 0 heterocycles. The van der Waals surface area contributed by atoms with E-state index in [-0.39, 0.29) is 0 Å². The van der Waals surface area contributed by atoms with Crippen LogP contribution in [0.25, 0.3) is 0 Å². The highest BCUT2D eigenvalue weighted by Crippen LogP contribution is 1.84. The van der Waals surface area contributed by atoms with Crippen LogP contribution in [0.2, 0.25) is 0 Å². The summed E-state index contributed by atoms with van der Waals surface area (Å²) >= 11 is 0. The van der Waals surface area contributed by atoms with Crippen LogP contribution in [-0.2, 0) is 9.88 Å². The summed E-state index contributed by atoms with van der Waals surface area (Å²) in [6.07, 6.45) is 0. The summed E-state index contributed by atoms with van der Waals surface area (Å²) in [7, 11) is 0. The Bertz CT molecular complexity index is 63.5. The molecule has 0 saturated heterocycles. The summed E-state index contributed by atoms with van der Waals surface area (Å²) in [6.45, 7) is 5.33. The largest absolute Gasteiger partial charge is 0.270 e. The van der Waals surface area contributed by atoms with E-state index in [1.54, 1.807) is 6.92 Å². The third kappa shape index (κ3) is 2.51. The summed E-state index contributed by atoms with van der Waals surface area (Å²) in [5.41, 5.74) is 0. The Hall–Kier alpha value is -0.650. The third-order valence-electron chi connectivity index (χ3n) is 0.525. The van der Waals surface area contributed by atoms with Crippen LogP contribution in [0.1, 0.15) is 6.92 Å². The molecule has 0 fully saturated rings. The summed E-state index contributed by atoms with van der Waals surface area (Å²) in [5, 5.41) is 4.03. The first-order valence-electron chi connectivity index (χ1n) is 2.12. The van der Waals surface area contributed by atoms with E-state index in [1.165, 1.54) is 0 Å². The van der Waals surface area contributed by atoms with Gasteiger partial charge < -0.3 is 0 Å². The van der Waals surface area contributed by atoms with Gasteiger partial charge in [0.1, 0.15) is 0 Å². The van der Waals surface area contributed by atoms with Gasteiger partial charge in [-0.05, 0) is 6.92 Å². The topological polar surface area (TPSA) is 60.1 Å². The molecular weight excluding hydrogens is 110 g/mol. The lowest BCUT2D eigenvalue weighted by molar-refractivity contribution is -0.370. The van der Waals surface area contributed by atoms with E-state index in [0.29, 0.717) is 6.54 Å². The van der Waals surface area contributed by atoms with Crippen molar-refractivity contribution in [3.8, 4) is 0 Å². The van der Waals surface area contributed by atoms with E-state index < -0.39 is 0 Å². The molecule has 48 valence electrons. The molecule has 0 aromatic rings. The highest BCUT2D eigenvalue weighted by atomic mass is 17.0. The van der Waals surface area contributed by atoms with Crippen LogP contribution < -0.4 is 5.90 Å². The van der Waals surface area contributed by atoms with Crippen LogP contribution in [0.15, 0.2) is 5.16 Å². The van der Waals surface area contributed by atoms with Gasteiger partial charge in [0.2, 0.25) is 0 Å². The maximum Gasteiger partial charge on any atom is 0.0645 e. The fourth-order valence-corrected chi connectivity index (χ4v) is 0.216. The summed E-state index contributed by atoms with van der Waals surface area (Å²) < 4.78 is 0. The summed E-state index contributed by atoms with van der Waals surface area (Å²) in [6, 6.07) is 0. The molecule has 0 atom stereocenters. The molecule has 8 heavy (non-hydrogen) atoms. The average Bonchev–Trinajstić information content (AvgIpc) is 1.83. The maximum absolute atomic E-state index is 4.68. The Balaban J connectivity index is 3.20. The zero-order chi connectivity index (χ0) is 6.41. The van der Waals surface area contributed by atoms with Crippen molar-refractivity contribution in [1.82, 2.24) is 5.23 Å². The normalized spacial score (nSPS) is 9.38. The monoisotopic (exact) mass is 119 g/mol. The number of nitrogens with two attached hydrogens (primary N) is 1. The predicted octanol–water partition coefficient (Wildman–Crippen LogP) is -0.339. The summed E-state index contributed by atoms with van der Waals surface area (Å²) in [5.74, 6) is 4.68. The van der Waals surface area contributed by atoms with Gasteiger partial charge >= 0.3 is 0 Å². The van der Waals surface area contributed by atoms with Crippen LogP contribution in [0.4, 0.5) is 0 Å². The lowest BCUT2D eigenvalue weighted by Gasteiger charge is -2.09. The van der Waals surface area contributed by atoms with Crippen LogP contribution in [-0.4, -0.2) is 18.5 Å². The van der Waals surface area contributed by atoms with Crippen molar-refractivity contribution in [1.29, 1.82) is 0 Å². The molecule has 0 aliphatic carbocycles. The molecule has 5 heteroatoms. The Labute approximate surface area is 47.5 Å². The first-order chi connectivity index (χ1) is 3.85. The van der Waals surface area contributed by atoms with Gasteiger partial charge in [0.25, 0.3) is 0 Å². The van der Waals surface area contributed by atoms with Gasteiger partial charge in [-0.2, -0.15) is 10.8 Å². The zero-order valence-electron chi connectivity index (χ0n) is 4.70. The molecule has 0 saturated carbocycles. The Morgan fingerprint density at radius 2 is 2.50 bits per heavy atom. The molecule has 0 spiro atoms. The smallest absolute Gasteiger partial charge is 0.0645 e. The maximum atomic E-state index is 4.68. The number of hydroxylamine groups is 2. The molecule has 5 nitrogen and oxygen atoms in total. The number of nitrogens with zero attached hydrogens (tertiary/aromatic N) is 2. The van der Waals surface area contributed by atoms with Gasteiger partial charge in [-0.1, -0.05) is 5.16 Å². The van der Waals surface area contributed by atoms with Crippen molar-refractivity contribution in [2.24, 2.45) is 11.1 Å². The van der Waals surface area contributed by atoms with Crippen LogP contribution in [0.5, 0.6) is 0 Å². The average molecular weight is 119 g/mol. The van der Waals surface area contributed by atoms with Crippen LogP contribution in [0.3, 0.4) is 0 Å². The van der Waals surface area contributed by atoms with Gasteiger partial charge in [0.05, 0.1) is 6.54 Å². The van der Waals surface area contributed by atoms with Crippen molar-refractivity contribution < 1.29 is 9.88 Å². The molecule has 0 aliphatic heterocycles. The number of oxime groups is 1. The van der Waals surface area contributed by atoms with E-state index in [2.05, 4.69) is 27.6 Å². The fourth-order valence-electron chi connectivity index (χ4n) is 0.216. The Kier molecular flexibility index (Phi) is 4.14. The fraction of sp³-hybridized carbons (Fsp3) is 0.667. The first kappa shape index (κ1) is 7.35. The van der Waals surface area contributed by atoms with Crippen molar-refractivity contribution in [3.05, 3.63) is 0 Å². The molecule has 0 unspecified atom stereocenters. The first-order valence-corrected chi connectivity index (χ1v) is 2.12. The molecule has 0 aromatic carbocycles. The van der Waals surface area contributed by atoms with Gasteiger partial charge in [-0.15, -0.1) is 0 Å². The van der Waals surface area contributed by atoms with Crippen LogP contribution in [0, 0.1) is 0 Å². The van der Waals surface area contributed by atoms with E-state index in [1.807, 2.05) is 0 Å². The second-order valence-corrected chi connectivity index (χ2v) is 0.965. The highest BCUT2D eigenvalue weighted by Gasteiger charge is 1.96. The molecule has 0 radical (unpaired) electrons. The Morgan fingerprint density at radius 3 is 2.62 bits per heavy atom. The van der Waals surface area contributed by atoms with Crippen LogP contribution >= 0.6 is 0 Å². The minimum Gasteiger partial charge on any atom is -0.270 e. The van der Waals surface area contributed by atoms with E-state index in [9.17, 15) is 0 Å². The molecule has 0 bridgehead atoms. The molecule has 2 N–H and O–H groups in total. The predicted molar refractivity (Wildman–Crippen MR) is 28.3 cm³/mol. The SMILES string of the molecule is C=NON(CC)ON. The quantitative estimate of drug-likeness (QED) is 0.406. The second-order valence-electron chi connectivity index (χ2n) is 0.965. The Morgan fingerprint density at radius 1 is 1.88 bits per heavy atom. The molecule has 0 rings (SSSR count). The lowest BCUT2D eigenvalue weighted by Crippen LogP contribution is -2.25. The van der Waals surface area contributed by atoms with E-state index in [4.69, 9.17) is 0 Å². The molecular formula is C3H9N3O2. The zero-order valence-corrected chi connectivity index (χ0v) is 4.70. The minimum atomic E-state index is 0.496. The number of rotatable bonds is 4. The minimum absolute atomic E-state index is 0.496. The standard InChI is InChI=1S/C3H9N3O2/c1-3-6(7-4)8-5-2/h2-4H2,1H3. The number of hydrogen-bond donors (Lipinski definition) is 1. The summed E-state index contributed by atoms with van der Waals surface area (Å²) in [4.78, 5) is 8.46. The van der Waals surface area contributed by atoms with Crippen molar-refractivity contribution in [2.45, 2.75) is 6.92 Å².